The van der Waals surface area contributed by atoms with E-state index in [1.807, 2.05) is 0 Å². The van der Waals surface area contributed by atoms with Crippen LogP contribution < -0.4 is 10.1 Å². The highest BCUT2D eigenvalue weighted by Gasteiger charge is 2.05. The van der Waals surface area contributed by atoms with Gasteiger partial charge in [-0.3, -0.25) is 0 Å². The van der Waals surface area contributed by atoms with Gasteiger partial charge in [-0.25, -0.2) is 4.39 Å². The first-order chi connectivity index (χ1) is 7.65. The smallest absolute Gasteiger partial charge is 0.167 e. The molecule has 1 aromatic rings. The third-order valence-corrected chi connectivity index (χ3v) is 2.62. The van der Waals surface area contributed by atoms with E-state index in [1.165, 1.54) is 0 Å². The van der Waals surface area contributed by atoms with Gasteiger partial charge in [-0.15, -0.1) is 0 Å². The van der Waals surface area contributed by atoms with Gasteiger partial charge in [-0.1, -0.05) is 19.1 Å². The maximum Gasteiger partial charge on any atom is 0.167 e. The molecule has 1 atom stereocenters. The van der Waals surface area contributed by atoms with Crippen LogP contribution in [-0.2, 0) is 0 Å². The molecule has 1 unspecified atom stereocenters. The van der Waals surface area contributed by atoms with E-state index in [1.54, 1.807) is 25.1 Å². The fourth-order valence-electron chi connectivity index (χ4n) is 1.34. The molecule has 0 heterocycles. The van der Waals surface area contributed by atoms with Crippen molar-refractivity contribution < 1.29 is 9.13 Å². The first-order valence-electron chi connectivity index (χ1n) is 5.76. The van der Waals surface area contributed by atoms with Crippen LogP contribution in [0.25, 0.3) is 0 Å². The van der Waals surface area contributed by atoms with E-state index >= 15 is 0 Å². The maximum absolute atomic E-state index is 13.5. The molecule has 1 N–H and O–H groups in total. The highest BCUT2D eigenvalue weighted by molar-refractivity contribution is 5.29. The molecule has 16 heavy (non-hydrogen) atoms. The maximum atomic E-state index is 13.5. The van der Waals surface area contributed by atoms with Crippen LogP contribution in [0.2, 0.25) is 0 Å². The molecular formula is C13H20FNO. The van der Waals surface area contributed by atoms with Crippen LogP contribution in [0.5, 0.6) is 5.75 Å². The van der Waals surface area contributed by atoms with Gasteiger partial charge < -0.3 is 10.1 Å². The highest BCUT2D eigenvalue weighted by atomic mass is 19.1. The van der Waals surface area contributed by atoms with E-state index in [4.69, 9.17) is 4.74 Å². The van der Waals surface area contributed by atoms with Crippen molar-refractivity contribution in [3.05, 3.63) is 29.6 Å². The van der Waals surface area contributed by atoms with Crippen molar-refractivity contribution >= 4 is 0 Å². The van der Waals surface area contributed by atoms with Gasteiger partial charge in [0.15, 0.2) is 11.6 Å². The molecule has 90 valence electrons. The summed E-state index contributed by atoms with van der Waals surface area (Å²) in [5, 5.41) is 3.29. The Morgan fingerprint density at radius 1 is 1.44 bits per heavy atom. The zero-order chi connectivity index (χ0) is 12.0. The van der Waals surface area contributed by atoms with Gasteiger partial charge in [0.2, 0.25) is 0 Å². The second kappa shape index (κ2) is 6.48. The Kier molecular flexibility index (Phi) is 5.26. The lowest BCUT2D eigenvalue weighted by molar-refractivity contribution is 0.291. The van der Waals surface area contributed by atoms with Crippen molar-refractivity contribution in [3.63, 3.8) is 0 Å². The third-order valence-electron chi connectivity index (χ3n) is 2.62. The second-order valence-corrected chi connectivity index (χ2v) is 4.00. The molecule has 0 saturated carbocycles. The predicted molar refractivity (Wildman–Crippen MR) is 64.4 cm³/mol. The van der Waals surface area contributed by atoms with Crippen molar-refractivity contribution in [2.45, 2.75) is 33.2 Å². The Balaban J connectivity index is 2.35. The fraction of sp³-hybridized carbons (Fsp3) is 0.538. The van der Waals surface area contributed by atoms with Gasteiger partial charge in [0.05, 0.1) is 0 Å². The predicted octanol–water partition coefficient (Wildman–Crippen LogP) is 2.90. The molecule has 0 spiro atoms. The van der Waals surface area contributed by atoms with Crippen LogP contribution in [0.1, 0.15) is 25.8 Å². The molecule has 2 nitrogen and oxygen atoms in total. The summed E-state index contributed by atoms with van der Waals surface area (Å²) in [6.07, 6.45) is 1.08. The van der Waals surface area contributed by atoms with E-state index in [2.05, 4.69) is 19.2 Å². The zero-order valence-corrected chi connectivity index (χ0v) is 10.2. The first kappa shape index (κ1) is 13.0. The molecule has 0 aliphatic rings. The molecule has 1 aromatic carbocycles. The molecule has 3 heteroatoms. The molecule has 0 aliphatic carbocycles. The third kappa shape index (κ3) is 3.81. The van der Waals surface area contributed by atoms with Crippen molar-refractivity contribution in [2.24, 2.45) is 0 Å². The summed E-state index contributed by atoms with van der Waals surface area (Å²) < 4.78 is 18.9. The van der Waals surface area contributed by atoms with E-state index in [0.29, 0.717) is 24.0 Å². The number of rotatable bonds is 6. The van der Waals surface area contributed by atoms with Gasteiger partial charge in [0.1, 0.15) is 6.61 Å². The van der Waals surface area contributed by atoms with Crippen LogP contribution in [-0.4, -0.2) is 19.2 Å². The topological polar surface area (TPSA) is 21.3 Å². The van der Waals surface area contributed by atoms with Crippen molar-refractivity contribution in [2.75, 3.05) is 13.2 Å². The summed E-state index contributed by atoms with van der Waals surface area (Å²) in [6.45, 7) is 7.21. The Morgan fingerprint density at radius 2 is 2.19 bits per heavy atom. The number of halogens is 1. The molecule has 0 aliphatic heterocycles. The summed E-state index contributed by atoms with van der Waals surface area (Å²) in [4.78, 5) is 0. The summed E-state index contributed by atoms with van der Waals surface area (Å²) in [7, 11) is 0. The Hall–Kier alpha value is -1.09. The Morgan fingerprint density at radius 3 is 2.88 bits per heavy atom. The molecule has 0 bridgehead atoms. The lowest BCUT2D eigenvalue weighted by atomic mass is 10.2. The van der Waals surface area contributed by atoms with Crippen LogP contribution in [0, 0.1) is 12.7 Å². The SMILES string of the molecule is CCC(C)NCCOc1cccc(C)c1F. The van der Waals surface area contributed by atoms with E-state index < -0.39 is 0 Å². The van der Waals surface area contributed by atoms with Crippen molar-refractivity contribution in [1.29, 1.82) is 0 Å². The fourth-order valence-corrected chi connectivity index (χ4v) is 1.34. The van der Waals surface area contributed by atoms with Crippen molar-refractivity contribution in [3.8, 4) is 5.75 Å². The van der Waals surface area contributed by atoms with Gasteiger partial charge in [0, 0.05) is 12.6 Å². The van der Waals surface area contributed by atoms with Crippen LogP contribution in [0.3, 0.4) is 0 Å². The molecule has 0 aromatic heterocycles. The van der Waals surface area contributed by atoms with Crippen molar-refractivity contribution in [1.82, 2.24) is 5.32 Å². The second-order valence-electron chi connectivity index (χ2n) is 4.00. The van der Waals surface area contributed by atoms with Crippen LogP contribution in [0.15, 0.2) is 18.2 Å². The number of nitrogens with one attached hydrogen (secondary N) is 1. The van der Waals surface area contributed by atoms with Gasteiger partial charge in [-0.05, 0) is 31.9 Å². The molecule has 0 radical (unpaired) electrons. The summed E-state index contributed by atoms with van der Waals surface area (Å²) in [5.41, 5.74) is 0.618. The monoisotopic (exact) mass is 225 g/mol. The minimum atomic E-state index is -0.258. The van der Waals surface area contributed by atoms with Crippen LogP contribution >= 0.6 is 0 Å². The molecular weight excluding hydrogens is 205 g/mol. The molecule has 1 rings (SSSR count). The minimum absolute atomic E-state index is 0.258. The lowest BCUT2D eigenvalue weighted by Crippen LogP contribution is -2.29. The summed E-state index contributed by atoms with van der Waals surface area (Å²) >= 11 is 0. The highest BCUT2D eigenvalue weighted by Crippen LogP contribution is 2.19. The molecule has 0 fully saturated rings. The Labute approximate surface area is 96.8 Å². The Bertz CT molecular complexity index is 328. The summed E-state index contributed by atoms with van der Waals surface area (Å²) in [6, 6.07) is 5.67. The zero-order valence-electron chi connectivity index (χ0n) is 10.2. The quantitative estimate of drug-likeness (QED) is 0.752. The number of aryl methyl sites for hydroxylation is 1. The standard InChI is InChI=1S/C13H20FNO/c1-4-11(3)15-8-9-16-12-7-5-6-10(2)13(12)14/h5-7,11,15H,4,8-9H2,1-3H3. The largest absolute Gasteiger partial charge is 0.489 e. The number of benzene rings is 1. The first-order valence-corrected chi connectivity index (χ1v) is 5.76. The lowest BCUT2D eigenvalue weighted by Gasteiger charge is -2.12. The van der Waals surface area contributed by atoms with Gasteiger partial charge >= 0.3 is 0 Å². The van der Waals surface area contributed by atoms with E-state index in [-0.39, 0.29) is 5.82 Å². The number of hydrogen-bond donors (Lipinski definition) is 1. The molecule has 0 amide bonds. The minimum Gasteiger partial charge on any atom is -0.489 e. The molecule has 0 saturated heterocycles. The van der Waals surface area contributed by atoms with E-state index in [9.17, 15) is 4.39 Å². The average molecular weight is 225 g/mol. The van der Waals surface area contributed by atoms with Crippen LogP contribution in [0.4, 0.5) is 4.39 Å². The number of ether oxygens (including phenoxy) is 1. The van der Waals surface area contributed by atoms with Gasteiger partial charge in [0.25, 0.3) is 0 Å². The van der Waals surface area contributed by atoms with E-state index in [0.717, 1.165) is 13.0 Å². The normalized spacial score (nSPS) is 12.5. The van der Waals surface area contributed by atoms with Gasteiger partial charge in [-0.2, -0.15) is 0 Å². The number of hydrogen-bond acceptors (Lipinski definition) is 2. The summed E-state index contributed by atoms with van der Waals surface area (Å²) in [5.74, 6) is 0.0805. The average Bonchev–Trinajstić information content (AvgIpc) is 2.29.